The molecular weight excluding hydrogens is 385 g/mol. The minimum absolute atomic E-state index is 0.00909. The molecule has 3 unspecified atom stereocenters. The first kappa shape index (κ1) is 20.5. The highest BCUT2D eigenvalue weighted by Crippen LogP contribution is 2.38. The molecule has 3 aliphatic rings. The van der Waals surface area contributed by atoms with Crippen molar-refractivity contribution in [3.8, 4) is 11.5 Å². The highest BCUT2D eigenvalue weighted by molar-refractivity contribution is 6.01. The summed E-state index contributed by atoms with van der Waals surface area (Å²) in [6.07, 6.45) is 9.42. The van der Waals surface area contributed by atoms with Crippen LogP contribution in [0.25, 0.3) is 5.70 Å². The number of nitrogens with one attached hydrogen (secondary N) is 2. The second-order valence-electron chi connectivity index (χ2n) is 7.67. The molecule has 1 aromatic rings. The molecule has 0 radical (unpaired) electrons. The van der Waals surface area contributed by atoms with Crippen LogP contribution in [-0.2, 0) is 0 Å². The summed E-state index contributed by atoms with van der Waals surface area (Å²) in [7, 11) is 1.50. The van der Waals surface area contributed by atoms with Gasteiger partial charge in [0.2, 0.25) is 6.36 Å². The van der Waals surface area contributed by atoms with Crippen LogP contribution >= 0.6 is 0 Å². The fourth-order valence-corrected chi connectivity index (χ4v) is 4.23. The van der Waals surface area contributed by atoms with Crippen molar-refractivity contribution in [3.63, 3.8) is 0 Å². The van der Waals surface area contributed by atoms with Crippen LogP contribution in [0.5, 0.6) is 11.5 Å². The lowest BCUT2D eigenvalue weighted by Gasteiger charge is -2.29. The Hall–Kier alpha value is -2.80. The average molecular weight is 413 g/mol. The quantitative estimate of drug-likeness (QED) is 0.665. The van der Waals surface area contributed by atoms with E-state index < -0.39 is 6.36 Å². The number of Topliss-reactive ketones (excluding diaryl/α,β-unsaturated/α-hetero) is 1. The van der Waals surface area contributed by atoms with Crippen molar-refractivity contribution in [3.05, 3.63) is 53.4 Å². The largest absolute Gasteiger partial charge is 0.496 e. The van der Waals surface area contributed by atoms with E-state index in [0.717, 1.165) is 24.2 Å². The van der Waals surface area contributed by atoms with Crippen molar-refractivity contribution in [2.75, 3.05) is 13.7 Å². The van der Waals surface area contributed by atoms with Crippen LogP contribution in [0.4, 0.5) is 4.39 Å². The summed E-state index contributed by atoms with van der Waals surface area (Å²) < 4.78 is 24.5. The van der Waals surface area contributed by atoms with Gasteiger partial charge in [-0.05, 0) is 49.2 Å². The van der Waals surface area contributed by atoms with Crippen LogP contribution in [0.2, 0.25) is 0 Å². The maximum atomic E-state index is 13.7. The van der Waals surface area contributed by atoms with E-state index >= 15 is 0 Å². The number of nitrogens with zero attached hydrogens (tertiary/aromatic N) is 1. The van der Waals surface area contributed by atoms with Gasteiger partial charge in [0, 0.05) is 37.3 Å². The third-order valence-electron chi connectivity index (χ3n) is 5.68. The summed E-state index contributed by atoms with van der Waals surface area (Å²) in [5.41, 5.74) is 3.24. The Kier molecular flexibility index (Phi) is 5.81. The van der Waals surface area contributed by atoms with Gasteiger partial charge in [-0.1, -0.05) is 6.92 Å². The molecule has 30 heavy (non-hydrogen) atoms. The van der Waals surface area contributed by atoms with Crippen LogP contribution in [-0.4, -0.2) is 42.9 Å². The van der Waals surface area contributed by atoms with Gasteiger partial charge in [-0.3, -0.25) is 4.79 Å². The van der Waals surface area contributed by atoms with E-state index in [1.54, 1.807) is 19.1 Å². The van der Waals surface area contributed by atoms with Crippen LogP contribution in [0.15, 0.2) is 42.3 Å². The molecule has 3 heterocycles. The maximum absolute atomic E-state index is 13.7. The molecule has 4 rings (SSSR count). The number of carbonyl (C=O) groups is 1. The Bertz CT molecular complexity index is 917. The van der Waals surface area contributed by atoms with Crippen LogP contribution in [0.3, 0.4) is 0 Å². The molecule has 1 fully saturated rings. The zero-order chi connectivity index (χ0) is 21.3. The molecule has 1 aromatic carbocycles. The summed E-state index contributed by atoms with van der Waals surface area (Å²) >= 11 is 0. The number of ether oxygens (including phenoxy) is 2. The van der Waals surface area contributed by atoms with Crippen molar-refractivity contribution in [2.24, 2.45) is 0 Å². The van der Waals surface area contributed by atoms with Gasteiger partial charge in [0.15, 0.2) is 5.78 Å². The molecule has 160 valence electrons. The molecule has 0 aliphatic carbocycles. The van der Waals surface area contributed by atoms with Gasteiger partial charge in [0.05, 0.1) is 12.8 Å². The first-order valence-electron chi connectivity index (χ1n) is 10.5. The topological polar surface area (TPSA) is 62.8 Å². The highest BCUT2D eigenvalue weighted by atomic mass is 19.1. The number of hydrogen-bond donors (Lipinski definition) is 2. The number of hydrogen-bond acceptors (Lipinski definition) is 6. The fraction of sp³-hybridized carbons (Fsp3) is 0.435. The summed E-state index contributed by atoms with van der Waals surface area (Å²) in [6.45, 7) is 4.11. The zero-order valence-electron chi connectivity index (χ0n) is 17.6. The minimum atomic E-state index is -1.55. The SMILES string of the molecule is CCC(=O)c1c(OC)cc(C2=CNC3C=C(C4CCCN4)C=CN23)cc1OC(C)F. The van der Waals surface area contributed by atoms with Crippen molar-refractivity contribution >= 4 is 11.5 Å². The molecule has 1 saturated heterocycles. The molecule has 0 aromatic heterocycles. The highest BCUT2D eigenvalue weighted by Gasteiger charge is 2.30. The molecule has 3 aliphatic heterocycles. The van der Waals surface area contributed by atoms with E-state index in [-0.39, 0.29) is 29.7 Å². The zero-order valence-corrected chi connectivity index (χ0v) is 17.6. The maximum Gasteiger partial charge on any atom is 0.235 e. The number of rotatable bonds is 7. The predicted octanol–water partition coefficient (Wildman–Crippen LogP) is 3.72. The van der Waals surface area contributed by atoms with Crippen molar-refractivity contribution in [2.45, 2.75) is 51.7 Å². The summed E-state index contributed by atoms with van der Waals surface area (Å²) in [4.78, 5) is 14.6. The lowest BCUT2D eigenvalue weighted by molar-refractivity contribution is 0.0819. The predicted molar refractivity (Wildman–Crippen MR) is 114 cm³/mol. The number of fused-ring (bicyclic) bond motifs is 1. The van der Waals surface area contributed by atoms with Gasteiger partial charge in [0.1, 0.15) is 23.2 Å². The second-order valence-corrected chi connectivity index (χ2v) is 7.67. The van der Waals surface area contributed by atoms with Gasteiger partial charge >= 0.3 is 0 Å². The lowest BCUT2D eigenvalue weighted by atomic mass is 10.00. The Morgan fingerprint density at radius 1 is 1.37 bits per heavy atom. The van der Waals surface area contributed by atoms with E-state index in [2.05, 4.69) is 33.9 Å². The molecule has 6 nitrogen and oxygen atoms in total. The van der Waals surface area contributed by atoms with E-state index in [1.165, 1.54) is 26.0 Å². The summed E-state index contributed by atoms with van der Waals surface area (Å²) in [5, 5.41) is 6.92. The third-order valence-corrected chi connectivity index (χ3v) is 5.68. The van der Waals surface area contributed by atoms with Gasteiger partial charge in [-0.25, -0.2) is 4.39 Å². The van der Waals surface area contributed by atoms with Crippen molar-refractivity contribution in [1.82, 2.24) is 15.5 Å². The van der Waals surface area contributed by atoms with Crippen LogP contribution < -0.4 is 20.1 Å². The number of benzene rings is 1. The molecule has 2 N–H and O–H groups in total. The number of alkyl halides is 1. The minimum Gasteiger partial charge on any atom is -0.496 e. The Balaban J connectivity index is 1.66. The number of carbonyl (C=O) groups excluding carboxylic acids is 1. The molecule has 7 heteroatoms. The van der Waals surface area contributed by atoms with E-state index in [9.17, 15) is 9.18 Å². The van der Waals surface area contributed by atoms with E-state index in [0.29, 0.717) is 11.8 Å². The number of ketones is 1. The Labute approximate surface area is 176 Å². The van der Waals surface area contributed by atoms with E-state index in [1.807, 2.05) is 6.20 Å². The van der Waals surface area contributed by atoms with Gasteiger partial charge in [0.25, 0.3) is 0 Å². The monoisotopic (exact) mass is 413 g/mol. The van der Waals surface area contributed by atoms with E-state index in [4.69, 9.17) is 9.47 Å². The van der Waals surface area contributed by atoms with Crippen molar-refractivity contribution in [1.29, 1.82) is 0 Å². The molecular formula is C23H28FN3O3. The number of methoxy groups -OCH3 is 1. The first-order chi connectivity index (χ1) is 14.5. The molecule has 0 spiro atoms. The van der Waals surface area contributed by atoms with Crippen LogP contribution in [0, 0.1) is 0 Å². The standard InChI is InChI=1S/C23H28FN3O3/c1-4-19(28)23-20(29-3)10-16(11-21(23)30-14(2)24)18-13-26-22-12-15(7-9-27(18)22)17-6-5-8-25-17/h7,9-14,17,22,25-26H,4-6,8H2,1-3H3. The van der Waals surface area contributed by atoms with Gasteiger partial charge in [-0.2, -0.15) is 0 Å². The molecule has 0 amide bonds. The Morgan fingerprint density at radius 2 is 2.17 bits per heavy atom. The smallest absolute Gasteiger partial charge is 0.235 e. The average Bonchev–Trinajstić information content (AvgIpc) is 3.41. The summed E-state index contributed by atoms with van der Waals surface area (Å²) in [6, 6.07) is 3.92. The van der Waals surface area contributed by atoms with Crippen LogP contribution in [0.1, 0.15) is 49.0 Å². The molecule has 0 bridgehead atoms. The Morgan fingerprint density at radius 3 is 2.83 bits per heavy atom. The first-order valence-corrected chi connectivity index (χ1v) is 10.5. The fourth-order valence-electron chi connectivity index (χ4n) is 4.23. The van der Waals surface area contributed by atoms with Crippen molar-refractivity contribution < 1.29 is 18.7 Å². The normalized spacial score (nSPS) is 23.4. The second kappa shape index (κ2) is 8.52. The molecule has 3 atom stereocenters. The molecule has 0 saturated carbocycles. The van der Waals surface area contributed by atoms with Gasteiger partial charge < -0.3 is 25.0 Å². The van der Waals surface area contributed by atoms with Gasteiger partial charge in [-0.15, -0.1) is 0 Å². The number of halogens is 1. The third kappa shape index (κ3) is 3.81. The summed E-state index contributed by atoms with van der Waals surface area (Å²) in [5.74, 6) is 0.426. The lowest BCUT2D eigenvalue weighted by Crippen LogP contribution is -2.35.